The van der Waals surface area contributed by atoms with Crippen molar-refractivity contribution in [2.45, 2.75) is 0 Å². The maximum absolute atomic E-state index is 8.97. The predicted molar refractivity (Wildman–Crippen MR) is 56.0 cm³/mol. The average molecular weight is 333 g/mol. The van der Waals surface area contributed by atoms with E-state index in [0.717, 1.165) is 0 Å². The van der Waals surface area contributed by atoms with E-state index in [2.05, 4.69) is 0 Å². The first-order valence-electron chi connectivity index (χ1n) is 0.783. The summed E-state index contributed by atoms with van der Waals surface area (Å²) in [6.45, 7) is 0. The predicted octanol–water partition coefficient (Wildman–Crippen LogP) is -6.06. The second-order valence-corrected chi connectivity index (χ2v) is 3.44. The van der Waals surface area contributed by atoms with Crippen LogP contribution in [0.4, 0.5) is 0 Å². The van der Waals surface area contributed by atoms with Crippen molar-refractivity contribution in [2.75, 3.05) is 0 Å². The fourth-order valence-electron chi connectivity index (χ4n) is 0. The molecule has 0 amide bonds. The van der Waals surface area contributed by atoms with E-state index in [-0.39, 0.29) is 177 Å². The fraction of sp³-hybridized carbons (Fsp3) is 0. The Bertz CT molecular complexity index is 60.7. The van der Waals surface area contributed by atoms with Crippen LogP contribution in [0.25, 0.3) is 0 Å². The molecule has 0 saturated heterocycles. The van der Waals surface area contributed by atoms with Gasteiger partial charge in [0.25, 0.3) is 0 Å². The van der Waals surface area contributed by atoms with Gasteiger partial charge in [-0.05, 0) is 0 Å². The Morgan fingerprint density at radius 3 is 0.636 bits per heavy atom. The van der Waals surface area contributed by atoms with Crippen molar-refractivity contribution in [3.8, 4) is 0 Å². The van der Waals surface area contributed by atoms with Gasteiger partial charge in [0.1, 0.15) is 0 Å². The minimum atomic E-state index is -5.35. The Kier molecular flexibility index (Phi) is 99.7. The number of hydrogen-bond donors (Lipinski definition) is 3. The van der Waals surface area contributed by atoms with Crippen molar-refractivity contribution in [2.24, 2.45) is 0 Å². The average Bonchev–Trinajstić information content (AvgIpc) is 0.722. The molecule has 0 saturated carbocycles. The molecule has 0 aromatic rings. The van der Waals surface area contributed by atoms with Crippen molar-refractivity contribution >= 4 is 197 Å². The van der Waals surface area contributed by atoms with E-state index in [1.165, 1.54) is 0 Å². The summed E-state index contributed by atoms with van der Waals surface area (Å²) in [6, 6.07) is 0. The molecule has 0 aliphatic rings. The Balaban J connectivity index is -0.00000000533. The molecule has 0 fully saturated rings. The molecule has 44 valence electrons. The zero-order valence-corrected chi connectivity index (χ0v) is 4.75. The molecule has 0 spiro atoms. The van der Waals surface area contributed by atoms with Crippen LogP contribution in [-0.4, -0.2) is 208 Å². The molecule has 0 heterocycles. The van der Waals surface area contributed by atoms with Crippen molar-refractivity contribution in [3.63, 3.8) is 0 Å². The molecule has 4 nitrogen and oxygen atoms in total. The Morgan fingerprint density at radius 2 is 0.636 bits per heavy atom. The fourth-order valence-corrected chi connectivity index (χ4v) is 0. The van der Waals surface area contributed by atoms with Crippen molar-refractivity contribution in [3.05, 3.63) is 0 Å². The summed E-state index contributed by atoms with van der Waals surface area (Å²) >= 11 is -5.35. The molecule has 0 aliphatic heterocycles. The molecule has 0 aliphatic carbocycles. The van der Waals surface area contributed by atoms with Gasteiger partial charge in [0.15, 0.2) is 0 Å². The van der Waals surface area contributed by atoms with E-state index < -0.39 is 20.1 Å². The van der Waals surface area contributed by atoms with Crippen molar-refractivity contribution in [1.29, 1.82) is 0 Å². The third-order valence-electron chi connectivity index (χ3n) is 0. The first kappa shape index (κ1) is 43.2. The van der Waals surface area contributed by atoms with Crippen LogP contribution in [0.3, 0.4) is 0 Å². The summed E-state index contributed by atoms with van der Waals surface area (Å²) in [5.41, 5.74) is 0. The van der Waals surface area contributed by atoms with Crippen LogP contribution >= 0.6 is 0 Å². The van der Waals surface area contributed by atoms with E-state index in [9.17, 15) is 0 Å². The first-order valence-corrected chi connectivity index (χ1v) is 5.25. The zero-order chi connectivity index (χ0) is 4.50. The molecule has 0 atom stereocenters. The third-order valence-corrected chi connectivity index (χ3v) is 0. The molecule has 0 aromatic heterocycles. The van der Waals surface area contributed by atoms with Crippen LogP contribution in [-0.2, 0) is 3.02 Å². The Morgan fingerprint density at radius 1 is 0.636 bits per heavy atom. The van der Waals surface area contributed by atoms with Gasteiger partial charge in [-0.3, -0.25) is 0 Å². The van der Waals surface area contributed by atoms with E-state index in [0.29, 0.717) is 0 Å². The number of rotatable bonds is 0. The van der Waals surface area contributed by atoms with Crippen LogP contribution in [0.15, 0.2) is 0 Å². The standard InChI is InChI=1S/6Na.3H2O.O.Sb.6H/h;;;;;;3*1H2;;;;;;;;/q;;;;;;;;;;+3;;;;;;/p-3. The van der Waals surface area contributed by atoms with Gasteiger partial charge in [0.05, 0.1) is 0 Å². The molecule has 11 heteroatoms. The van der Waals surface area contributed by atoms with E-state index in [1.54, 1.807) is 0 Å². The Labute approximate surface area is 204 Å². The quantitative estimate of drug-likeness (QED) is 0.386. The van der Waals surface area contributed by atoms with Crippen LogP contribution < -0.4 is 0 Å². The molecule has 0 radical (unpaired) electrons. The van der Waals surface area contributed by atoms with Gasteiger partial charge in [-0.2, -0.15) is 0 Å². The topological polar surface area (TPSA) is 77.8 Å². The van der Waals surface area contributed by atoms with Gasteiger partial charge in [0, 0.05) is 0 Å². The monoisotopic (exact) mass is 332 g/mol. The van der Waals surface area contributed by atoms with Crippen LogP contribution in [0.1, 0.15) is 0 Å². The summed E-state index contributed by atoms with van der Waals surface area (Å²) in [7, 11) is 0. The van der Waals surface area contributed by atoms with Crippen molar-refractivity contribution in [1.82, 2.24) is 0 Å². The van der Waals surface area contributed by atoms with Gasteiger partial charge in [-0.15, -0.1) is 0 Å². The third kappa shape index (κ3) is 82.1. The maximum atomic E-state index is 8.97. The molecule has 0 aromatic carbocycles. The van der Waals surface area contributed by atoms with Gasteiger partial charge >= 0.3 is 211 Å². The molecule has 11 heavy (non-hydrogen) atoms. The van der Waals surface area contributed by atoms with E-state index >= 15 is 0 Å². The normalized spacial score (nSPS) is 5.36. The molecular weight excluding hydrogens is 324 g/mol. The zero-order valence-electron chi connectivity index (χ0n) is 2.20. The van der Waals surface area contributed by atoms with Gasteiger partial charge in [0.2, 0.25) is 0 Å². The van der Waals surface area contributed by atoms with E-state index in [4.69, 9.17) is 13.2 Å². The summed E-state index contributed by atoms with van der Waals surface area (Å²) in [5.74, 6) is 0. The molecule has 0 unspecified atom stereocenters. The van der Waals surface area contributed by atoms with Gasteiger partial charge in [-0.1, -0.05) is 0 Å². The van der Waals surface area contributed by atoms with Crippen molar-refractivity contribution < 1.29 is 13.2 Å². The molecular formula is H9Na6O4Sb. The van der Waals surface area contributed by atoms with Gasteiger partial charge < -0.3 is 0 Å². The molecule has 0 bridgehead atoms. The SMILES string of the molecule is [NaH].[NaH].[NaH].[NaH].[NaH].[NaH].[O]=[Sb]([OH])([OH])[OH]. The minimum absolute atomic E-state index is 0. The van der Waals surface area contributed by atoms with Crippen LogP contribution in [0.2, 0.25) is 0 Å². The molecule has 3 N–H and O–H groups in total. The molecule has 0 rings (SSSR count). The first-order chi connectivity index (χ1) is 2.00. The van der Waals surface area contributed by atoms with Crippen LogP contribution in [0, 0.1) is 0 Å². The van der Waals surface area contributed by atoms with Gasteiger partial charge in [-0.25, -0.2) is 0 Å². The van der Waals surface area contributed by atoms with Crippen LogP contribution in [0.5, 0.6) is 0 Å². The summed E-state index contributed by atoms with van der Waals surface area (Å²) in [4.78, 5) is 0. The summed E-state index contributed by atoms with van der Waals surface area (Å²) < 4.78 is 30.8. The Hall–Kier alpha value is 6.50. The second kappa shape index (κ2) is 25.4. The van der Waals surface area contributed by atoms with E-state index in [1.807, 2.05) is 0 Å². The second-order valence-electron chi connectivity index (χ2n) is 0.513. The number of hydrogen-bond acceptors (Lipinski definition) is 1. The summed E-state index contributed by atoms with van der Waals surface area (Å²) in [5, 5.41) is 0. The summed E-state index contributed by atoms with van der Waals surface area (Å²) in [6.07, 6.45) is 0.